The van der Waals surface area contributed by atoms with E-state index in [1.54, 1.807) is 25.1 Å². The summed E-state index contributed by atoms with van der Waals surface area (Å²) in [7, 11) is 0. The fourth-order valence-corrected chi connectivity index (χ4v) is 3.63. The predicted molar refractivity (Wildman–Crippen MR) is 116 cm³/mol. The van der Waals surface area contributed by atoms with Crippen LogP contribution in [0.25, 0.3) is 0 Å². The number of rotatable bonds is 6. The van der Waals surface area contributed by atoms with Crippen molar-refractivity contribution in [3.05, 3.63) is 89.0 Å². The minimum atomic E-state index is -0.559. The van der Waals surface area contributed by atoms with Crippen LogP contribution in [0.1, 0.15) is 17.3 Å². The molecule has 0 aliphatic rings. The highest BCUT2D eigenvalue weighted by Gasteiger charge is 2.16. The molecule has 2 N–H and O–H groups in total. The van der Waals surface area contributed by atoms with Crippen LogP contribution in [0.2, 0.25) is 5.02 Å². The van der Waals surface area contributed by atoms with Crippen molar-refractivity contribution < 1.29 is 18.4 Å². The minimum absolute atomic E-state index is 0.0716. The van der Waals surface area contributed by atoms with Gasteiger partial charge in [0, 0.05) is 21.8 Å². The number of hydrogen-bond acceptors (Lipinski definition) is 3. The Morgan fingerprint density at radius 1 is 0.933 bits per heavy atom. The second-order valence-electron chi connectivity index (χ2n) is 6.37. The molecular weight excluding hydrogens is 430 g/mol. The standard InChI is InChI=1S/C22H17ClF2N2O2S/c1-13(21(28)26-17-9-10-20(25)19(23)12-17)30-18-4-2-3-16(11-18)27-22(29)14-5-7-15(24)8-6-14/h2-13H,1H3,(H,26,28)(H,27,29). The Morgan fingerprint density at radius 2 is 1.63 bits per heavy atom. The van der Waals surface area contributed by atoms with Crippen molar-refractivity contribution in [1.29, 1.82) is 0 Å². The first-order valence-electron chi connectivity index (χ1n) is 8.91. The van der Waals surface area contributed by atoms with Gasteiger partial charge in [0.2, 0.25) is 5.91 Å². The van der Waals surface area contributed by atoms with Crippen LogP contribution in [0.15, 0.2) is 71.6 Å². The van der Waals surface area contributed by atoms with Crippen LogP contribution in [0.3, 0.4) is 0 Å². The van der Waals surface area contributed by atoms with E-state index in [1.807, 2.05) is 6.07 Å². The average Bonchev–Trinajstić information content (AvgIpc) is 2.71. The third-order valence-electron chi connectivity index (χ3n) is 4.07. The summed E-state index contributed by atoms with van der Waals surface area (Å²) in [5, 5.41) is 4.91. The molecule has 3 rings (SSSR count). The zero-order valence-corrected chi connectivity index (χ0v) is 17.4. The number of hydrogen-bond donors (Lipinski definition) is 2. The molecule has 0 spiro atoms. The molecule has 8 heteroatoms. The molecule has 0 aromatic heterocycles. The van der Waals surface area contributed by atoms with Gasteiger partial charge in [0.15, 0.2) is 0 Å². The number of benzene rings is 3. The molecule has 3 aromatic carbocycles. The summed E-state index contributed by atoms with van der Waals surface area (Å²) < 4.78 is 26.2. The number of carbonyl (C=O) groups is 2. The number of anilines is 2. The van der Waals surface area contributed by atoms with E-state index in [2.05, 4.69) is 10.6 Å². The van der Waals surface area contributed by atoms with Crippen molar-refractivity contribution in [3.8, 4) is 0 Å². The van der Waals surface area contributed by atoms with Gasteiger partial charge in [-0.05, 0) is 67.6 Å². The number of halogens is 3. The van der Waals surface area contributed by atoms with Gasteiger partial charge in [-0.2, -0.15) is 0 Å². The number of thioether (sulfide) groups is 1. The van der Waals surface area contributed by atoms with E-state index in [4.69, 9.17) is 11.6 Å². The lowest BCUT2D eigenvalue weighted by Gasteiger charge is -2.13. The van der Waals surface area contributed by atoms with Crippen LogP contribution in [0, 0.1) is 11.6 Å². The van der Waals surface area contributed by atoms with E-state index in [0.717, 1.165) is 4.90 Å². The Labute approximate surface area is 181 Å². The topological polar surface area (TPSA) is 58.2 Å². The first-order valence-corrected chi connectivity index (χ1v) is 10.2. The molecule has 1 unspecified atom stereocenters. The third kappa shape index (κ3) is 5.81. The van der Waals surface area contributed by atoms with Crippen LogP contribution in [0.4, 0.5) is 20.2 Å². The molecule has 2 amide bonds. The Morgan fingerprint density at radius 3 is 2.33 bits per heavy atom. The van der Waals surface area contributed by atoms with Crippen molar-refractivity contribution in [1.82, 2.24) is 0 Å². The quantitative estimate of drug-likeness (QED) is 0.457. The maximum Gasteiger partial charge on any atom is 0.255 e. The molecule has 0 aliphatic heterocycles. The van der Waals surface area contributed by atoms with Crippen LogP contribution >= 0.6 is 23.4 Å². The molecule has 3 aromatic rings. The SMILES string of the molecule is CC(Sc1cccc(NC(=O)c2ccc(F)cc2)c1)C(=O)Nc1ccc(F)c(Cl)c1. The molecule has 0 bridgehead atoms. The van der Waals surface area contributed by atoms with Gasteiger partial charge >= 0.3 is 0 Å². The summed E-state index contributed by atoms with van der Waals surface area (Å²) >= 11 is 7.03. The highest BCUT2D eigenvalue weighted by atomic mass is 35.5. The molecule has 0 aliphatic carbocycles. The lowest BCUT2D eigenvalue weighted by molar-refractivity contribution is -0.115. The molecule has 0 saturated carbocycles. The van der Waals surface area contributed by atoms with Gasteiger partial charge in [-0.15, -0.1) is 11.8 Å². The average molecular weight is 447 g/mol. The highest BCUT2D eigenvalue weighted by Crippen LogP contribution is 2.27. The summed E-state index contributed by atoms with van der Waals surface area (Å²) in [6.45, 7) is 1.73. The van der Waals surface area contributed by atoms with Gasteiger partial charge in [-0.3, -0.25) is 9.59 Å². The molecule has 154 valence electrons. The molecular formula is C22H17ClF2N2O2S. The van der Waals surface area contributed by atoms with E-state index in [-0.39, 0.29) is 16.8 Å². The summed E-state index contributed by atoms with van der Waals surface area (Å²) in [5.74, 6) is -1.61. The smallest absolute Gasteiger partial charge is 0.255 e. The molecule has 0 heterocycles. The number of amides is 2. The first-order chi connectivity index (χ1) is 14.3. The predicted octanol–water partition coefficient (Wildman–Crippen LogP) is 5.99. The van der Waals surface area contributed by atoms with E-state index in [0.29, 0.717) is 16.9 Å². The fourth-order valence-electron chi connectivity index (χ4n) is 2.53. The van der Waals surface area contributed by atoms with Crippen molar-refractivity contribution in [2.24, 2.45) is 0 Å². The van der Waals surface area contributed by atoms with E-state index >= 15 is 0 Å². The fraction of sp³-hybridized carbons (Fsp3) is 0.0909. The Hall–Kier alpha value is -2.90. The Kier molecular flexibility index (Phi) is 7.07. The normalized spacial score (nSPS) is 11.6. The van der Waals surface area contributed by atoms with Gasteiger partial charge in [0.1, 0.15) is 11.6 Å². The highest BCUT2D eigenvalue weighted by molar-refractivity contribution is 8.00. The minimum Gasteiger partial charge on any atom is -0.325 e. The number of nitrogens with one attached hydrogen (secondary N) is 2. The van der Waals surface area contributed by atoms with Gasteiger partial charge in [0.05, 0.1) is 10.3 Å². The third-order valence-corrected chi connectivity index (χ3v) is 5.45. The van der Waals surface area contributed by atoms with Crippen molar-refractivity contribution in [3.63, 3.8) is 0 Å². The monoisotopic (exact) mass is 446 g/mol. The Bertz CT molecular complexity index is 1080. The van der Waals surface area contributed by atoms with Crippen molar-refractivity contribution in [2.45, 2.75) is 17.1 Å². The summed E-state index contributed by atoms with van der Waals surface area (Å²) in [4.78, 5) is 25.5. The number of carbonyl (C=O) groups excluding carboxylic acids is 2. The molecule has 0 saturated heterocycles. The summed E-state index contributed by atoms with van der Waals surface area (Å²) in [6.07, 6.45) is 0. The van der Waals surface area contributed by atoms with Crippen LogP contribution in [0.5, 0.6) is 0 Å². The van der Waals surface area contributed by atoms with Crippen molar-refractivity contribution >= 4 is 46.6 Å². The second-order valence-corrected chi connectivity index (χ2v) is 8.19. The van der Waals surface area contributed by atoms with E-state index in [9.17, 15) is 18.4 Å². The summed E-state index contributed by atoms with van der Waals surface area (Å²) in [6, 6.07) is 16.2. The van der Waals surface area contributed by atoms with Gasteiger partial charge < -0.3 is 10.6 Å². The van der Waals surface area contributed by atoms with Crippen molar-refractivity contribution in [2.75, 3.05) is 10.6 Å². The maximum absolute atomic E-state index is 13.2. The molecule has 4 nitrogen and oxygen atoms in total. The van der Waals surface area contributed by atoms with Gasteiger partial charge in [-0.1, -0.05) is 17.7 Å². The van der Waals surface area contributed by atoms with Gasteiger partial charge in [0.25, 0.3) is 5.91 Å². The van der Waals surface area contributed by atoms with Gasteiger partial charge in [-0.25, -0.2) is 8.78 Å². The second kappa shape index (κ2) is 9.73. The largest absolute Gasteiger partial charge is 0.325 e. The lowest BCUT2D eigenvalue weighted by Crippen LogP contribution is -2.22. The van der Waals surface area contributed by atoms with Crippen LogP contribution in [-0.2, 0) is 4.79 Å². The van der Waals surface area contributed by atoms with Crippen LogP contribution in [-0.4, -0.2) is 17.1 Å². The molecule has 1 atom stereocenters. The lowest BCUT2D eigenvalue weighted by atomic mass is 10.2. The molecule has 30 heavy (non-hydrogen) atoms. The van der Waals surface area contributed by atoms with E-state index < -0.39 is 16.9 Å². The zero-order valence-electron chi connectivity index (χ0n) is 15.8. The van der Waals surface area contributed by atoms with E-state index in [1.165, 1.54) is 54.2 Å². The van der Waals surface area contributed by atoms with Crippen LogP contribution < -0.4 is 10.6 Å². The maximum atomic E-state index is 13.2. The first kappa shape index (κ1) is 21.8. The zero-order chi connectivity index (χ0) is 21.7. The summed E-state index contributed by atoms with van der Waals surface area (Å²) in [5.41, 5.74) is 1.28. The Balaban J connectivity index is 1.62. The molecule has 0 fully saturated rings. The molecule has 0 radical (unpaired) electrons.